The number of nitrogens with zero attached hydrogens (tertiary/aromatic N) is 1. The molecule has 0 fully saturated rings. The minimum atomic E-state index is -1.49. The summed E-state index contributed by atoms with van der Waals surface area (Å²) < 4.78 is 5.73. The van der Waals surface area contributed by atoms with Crippen LogP contribution in [0, 0.1) is 4.91 Å². The number of rotatable bonds is 9. The molecule has 130 valence electrons. The van der Waals surface area contributed by atoms with Crippen molar-refractivity contribution in [3.05, 3.63) is 34.9 Å². The zero-order chi connectivity index (χ0) is 17.7. The lowest BCUT2D eigenvalue weighted by Crippen LogP contribution is -2.35. The summed E-state index contributed by atoms with van der Waals surface area (Å²) in [6, 6.07) is 5.62. The van der Waals surface area contributed by atoms with Crippen LogP contribution < -0.4 is 10.1 Å². The Morgan fingerprint density at radius 1 is 1.46 bits per heavy atom. The molecule has 0 aliphatic carbocycles. The number of hydrogen-bond acceptors (Lipinski definition) is 6. The third-order valence-corrected chi connectivity index (χ3v) is 3.82. The molecule has 0 radical (unpaired) electrons. The first-order valence-corrected chi connectivity index (χ1v) is 7.87. The molecule has 0 bridgehead atoms. The molecule has 1 aromatic carbocycles. The van der Waals surface area contributed by atoms with Crippen molar-refractivity contribution >= 4 is 17.2 Å². The Morgan fingerprint density at radius 3 is 2.83 bits per heavy atom. The van der Waals surface area contributed by atoms with Crippen molar-refractivity contribution in [1.29, 1.82) is 0 Å². The molecule has 3 N–H and O–H groups in total. The van der Waals surface area contributed by atoms with Crippen LogP contribution in [-0.2, 0) is 10.3 Å². The number of H-pyrrole nitrogens is 1. The molecule has 7 heteroatoms. The maximum absolute atomic E-state index is 11.3. The number of benzene rings is 1. The standard InChI is InChI=1S/C17H23N3O4/c1-11(2)18-7-12(22)9-24-15-6-4-5-14-16(15)13(8-19-14)17(3,10-21)20-23/h4-6,8,10-12,18-19,22H,7,9H2,1-3H3. The maximum Gasteiger partial charge on any atom is 0.182 e. The van der Waals surface area contributed by atoms with Crippen LogP contribution in [0.1, 0.15) is 26.3 Å². The molecule has 2 aromatic rings. The highest BCUT2D eigenvalue weighted by Gasteiger charge is 2.31. The average Bonchev–Trinajstić information content (AvgIpc) is 3.02. The Kier molecular flexibility index (Phi) is 5.69. The molecule has 2 atom stereocenters. The van der Waals surface area contributed by atoms with Crippen molar-refractivity contribution in [2.75, 3.05) is 13.2 Å². The van der Waals surface area contributed by atoms with Crippen LogP contribution in [0.3, 0.4) is 0 Å². The molecule has 0 spiro atoms. The number of hydrogen-bond donors (Lipinski definition) is 3. The number of aliphatic hydroxyl groups is 1. The molecular formula is C17H23N3O4. The van der Waals surface area contributed by atoms with E-state index in [4.69, 9.17) is 4.74 Å². The first-order valence-electron chi connectivity index (χ1n) is 7.87. The predicted molar refractivity (Wildman–Crippen MR) is 92.2 cm³/mol. The van der Waals surface area contributed by atoms with E-state index in [1.807, 2.05) is 19.9 Å². The molecule has 0 saturated heterocycles. The van der Waals surface area contributed by atoms with Crippen LogP contribution in [0.25, 0.3) is 10.9 Å². The number of aromatic nitrogens is 1. The monoisotopic (exact) mass is 333 g/mol. The van der Waals surface area contributed by atoms with E-state index >= 15 is 0 Å². The fourth-order valence-electron chi connectivity index (χ4n) is 2.42. The van der Waals surface area contributed by atoms with Gasteiger partial charge in [0.1, 0.15) is 18.5 Å². The van der Waals surface area contributed by atoms with Crippen LogP contribution >= 0.6 is 0 Å². The number of ether oxygens (including phenoxy) is 1. The quantitative estimate of drug-likeness (QED) is 0.481. The number of carbonyl (C=O) groups excluding carboxylic acids is 1. The summed E-state index contributed by atoms with van der Waals surface area (Å²) in [4.78, 5) is 25.5. The number of carbonyl (C=O) groups is 1. The van der Waals surface area contributed by atoms with Crippen LogP contribution in [0.15, 0.2) is 29.6 Å². The highest BCUT2D eigenvalue weighted by molar-refractivity contribution is 5.93. The third kappa shape index (κ3) is 3.80. The highest BCUT2D eigenvalue weighted by atomic mass is 16.5. The third-order valence-electron chi connectivity index (χ3n) is 3.82. The molecule has 2 unspecified atom stereocenters. The van der Waals surface area contributed by atoms with Crippen LogP contribution in [-0.4, -0.2) is 41.7 Å². The Morgan fingerprint density at radius 2 is 2.21 bits per heavy atom. The number of nitrogens with one attached hydrogen (secondary N) is 2. The van der Waals surface area contributed by atoms with Gasteiger partial charge in [-0.2, -0.15) is 0 Å². The highest BCUT2D eigenvalue weighted by Crippen LogP contribution is 2.36. The first-order chi connectivity index (χ1) is 11.4. The average molecular weight is 333 g/mol. The minimum absolute atomic E-state index is 0.0930. The van der Waals surface area contributed by atoms with Gasteiger partial charge in [-0.25, -0.2) is 0 Å². The van der Waals surface area contributed by atoms with E-state index in [1.165, 1.54) is 6.92 Å². The van der Waals surface area contributed by atoms with Crippen LogP contribution in [0.5, 0.6) is 5.75 Å². The van der Waals surface area contributed by atoms with E-state index in [0.717, 1.165) is 5.52 Å². The molecule has 0 aliphatic rings. The lowest BCUT2D eigenvalue weighted by Gasteiger charge is -2.17. The van der Waals surface area contributed by atoms with Gasteiger partial charge in [0.05, 0.1) is 0 Å². The maximum atomic E-state index is 11.3. The van der Waals surface area contributed by atoms with Gasteiger partial charge in [0.2, 0.25) is 0 Å². The number of nitroso groups, excluding NO2 is 1. The fraction of sp³-hybridized carbons (Fsp3) is 0.471. The van der Waals surface area contributed by atoms with Gasteiger partial charge in [-0.1, -0.05) is 25.1 Å². The summed E-state index contributed by atoms with van der Waals surface area (Å²) in [5.74, 6) is 0.490. The van der Waals surface area contributed by atoms with Gasteiger partial charge in [0.25, 0.3) is 0 Å². The Hall–Kier alpha value is -2.25. The fourth-order valence-corrected chi connectivity index (χ4v) is 2.42. The van der Waals surface area contributed by atoms with Crippen molar-refractivity contribution in [3.63, 3.8) is 0 Å². The SMILES string of the molecule is CC(C)NCC(O)COc1cccc2[nH]cc(C(C)(C=O)N=O)c12. The summed E-state index contributed by atoms with van der Waals surface area (Å²) in [5, 5.41) is 16.7. The van der Waals surface area contributed by atoms with Gasteiger partial charge in [0.15, 0.2) is 11.8 Å². The molecule has 0 amide bonds. The Labute approximate surface area is 140 Å². The summed E-state index contributed by atoms with van der Waals surface area (Å²) in [5.41, 5.74) is -0.308. The van der Waals surface area contributed by atoms with E-state index in [2.05, 4.69) is 15.5 Å². The van der Waals surface area contributed by atoms with E-state index in [0.29, 0.717) is 29.5 Å². The molecule has 1 aromatic heterocycles. The molecule has 0 aliphatic heterocycles. The predicted octanol–water partition coefficient (Wildman–Crippen LogP) is 2.09. The minimum Gasteiger partial charge on any atom is -0.490 e. The van der Waals surface area contributed by atoms with Crippen molar-refractivity contribution < 1.29 is 14.6 Å². The second-order valence-electron chi connectivity index (χ2n) is 6.27. The summed E-state index contributed by atoms with van der Waals surface area (Å²) >= 11 is 0. The van der Waals surface area contributed by atoms with Crippen LogP contribution in [0.2, 0.25) is 0 Å². The number of aliphatic hydroxyl groups excluding tert-OH is 1. The molecule has 24 heavy (non-hydrogen) atoms. The Bertz CT molecular complexity index is 703. The smallest absolute Gasteiger partial charge is 0.182 e. The lowest BCUT2D eigenvalue weighted by molar-refractivity contribution is -0.111. The van der Waals surface area contributed by atoms with Gasteiger partial charge in [-0.3, -0.25) is 0 Å². The molecule has 7 nitrogen and oxygen atoms in total. The van der Waals surface area contributed by atoms with E-state index < -0.39 is 11.6 Å². The zero-order valence-corrected chi connectivity index (χ0v) is 14.1. The van der Waals surface area contributed by atoms with Crippen molar-refractivity contribution in [1.82, 2.24) is 10.3 Å². The van der Waals surface area contributed by atoms with Crippen molar-refractivity contribution in [2.24, 2.45) is 5.18 Å². The van der Waals surface area contributed by atoms with Crippen molar-refractivity contribution in [3.8, 4) is 5.75 Å². The second-order valence-corrected chi connectivity index (χ2v) is 6.27. The number of fused-ring (bicyclic) bond motifs is 1. The molecule has 2 rings (SSSR count). The summed E-state index contributed by atoms with van der Waals surface area (Å²) in [6.45, 7) is 5.94. The zero-order valence-electron chi connectivity index (χ0n) is 14.1. The van der Waals surface area contributed by atoms with Gasteiger partial charge < -0.3 is 24.9 Å². The van der Waals surface area contributed by atoms with Gasteiger partial charge in [-0.15, -0.1) is 4.91 Å². The summed E-state index contributed by atoms with van der Waals surface area (Å²) in [6.07, 6.45) is 1.43. The van der Waals surface area contributed by atoms with Gasteiger partial charge in [0, 0.05) is 35.2 Å². The van der Waals surface area contributed by atoms with E-state index in [9.17, 15) is 14.8 Å². The number of aldehydes is 1. The van der Waals surface area contributed by atoms with Gasteiger partial charge in [-0.05, 0) is 19.1 Å². The first kappa shape index (κ1) is 18.1. The largest absolute Gasteiger partial charge is 0.490 e. The molecular weight excluding hydrogens is 310 g/mol. The second kappa shape index (κ2) is 7.55. The topological polar surface area (TPSA) is 104 Å². The van der Waals surface area contributed by atoms with E-state index in [-0.39, 0.29) is 12.6 Å². The lowest BCUT2D eigenvalue weighted by atomic mass is 9.94. The van der Waals surface area contributed by atoms with Crippen molar-refractivity contribution in [2.45, 2.75) is 38.5 Å². The molecule has 1 heterocycles. The summed E-state index contributed by atoms with van der Waals surface area (Å²) in [7, 11) is 0. The molecule has 0 saturated carbocycles. The Balaban J connectivity index is 2.26. The normalized spacial score (nSPS) is 15.2. The van der Waals surface area contributed by atoms with E-state index in [1.54, 1.807) is 18.3 Å². The number of aromatic amines is 1. The van der Waals surface area contributed by atoms with Crippen LogP contribution in [0.4, 0.5) is 0 Å². The van der Waals surface area contributed by atoms with Gasteiger partial charge >= 0.3 is 0 Å².